The van der Waals surface area contributed by atoms with E-state index in [1.165, 1.54) is 16.8 Å². The minimum atomic E-state index is -1.24. The Morgan fingerprint density at radius 2 is 1.81 bits per heavy atom. The molecule has 0 spiro atoms. The predicted molar refractivity (Wildman–Crippen MR) is 129 cm³/mol. The first-order valence-corrected chi connectivity index (χ1v) is 11.2. The molecule has 36 heavy (non-hydrogen) atoms. The fourth-order valence-electron chi connectivity index (χ4n) is 3.43. The standard InChI is InChI=1S/C25H22ClF2N5O3/c1-13-5-6-17(18-7-8-29-24(32-18)25(3,4)35)31-22(13)33-14(2)9-20(21(26)23(33)34)36-12-19-16(28)10-15(27)11-30-19/h5-11,35H,12H2,1-4H3. The zero-order valence-electron chi connectivity index (χ0n) is 19.9. The van der Waals surface area contributed by atoms with Gasteiger partial charge in [-0.1, -0.05) is 17.7 Å². The minimum Gasteiger partial charge on any atom is -0.485 e. The third-order valence-corrected chi connectivity index (χ3v) is 5.64. The predicted octanol–water partition coefficient (Wildman–Crippen LogP) is 4.44. The molecule has 0 radical (unpaired) electrons. The van der Waals surface area contributed by atoms with Gasteiger partial charge in [-0.3, -0.25) is 14.3 Å². The Balaban J connectivity index is 1.72. The van der Waals surface area contributed by atoms with Crippen molar-refractivity contribution in [1.29, 1.82) is 0 Å². The van der Waals surface area contributed by atoms with Crippen molar-refractivity contribution in [2.45, 2.75) is 39.9 Å². The molecule has 0 unspecified atom stereocenters. The maximum atomic E-state index is 13.9. The van der Waals surface area contributed by atoms with E-state index < -0.39 is 22.8 Å². The first-order chi connectivity index (χ1) is 17.0. The number of aliphatic hydroxyl groups is 1. The topological polar surface area (TPSA) is 103 Å². The molecular weight excluding hydrogens is 492 g/mol. The van der Waals surface area contributed by atoms with E-state index in [1.807, 2.05) is 0 Å². The lowest BCUT2D eigenvalue weighted by Gasteiger charge is -2.17. The molecule has 0 aliphatic heterocycles. The van der Waals surface area contributed by atoms with Crippen molar-refractivity contribution in [2.24, 2.45) is 0 Å². The number of aryl methyl sites for hydroxylation is 2. The Bertz CT molecular complexity index is 1520. The third-order valence-electron chi connectivity index (χ3n) is 5.30. The number of nitrogens with zero attached hydrogens (tertiary/aromatic N) is 5. The molecule has 186 valence electrons. The van der Waals surface area contributed by atoms with Crippen molar-refractivity contribution in [2.75, 3.05) is 0 Å². The van der Waals surface area contributed by atoms with Gasteiger partial charge < -0.3 is 9.84 Å². The van der Waals surface area contributed by atoms with Gasteiger partial charge >= 0.3 is 0 Å². The summed E-state index contributed by atoms with van der Waals surface area (Å²) in [5.74, 6) is -1.09. The van der Waals surface area contributed by atoms with E-state index in [4.69, 9.17) is 16.3 Å². The van der Waals surface area contributed by atoms with Gasteiger partial charge in [0.05, 0.1) is 17.6 Å². The summed E-state index contributed by atoms with van der Waals surface area (Å²) >= 11 is 6.32. The van der Waals surface area contributed by atoms with E-state index in [0.717, 1.165) is 6.20 Å². The highest BCUT2D eigenvalue weighted by Crippen LogP contribution is 2.27. The number of rotatable bonds is 6. The largest absolute Gasteiger partial charge is 0.485 e. The molecule has 0 aromatic carbocycles. The zero-order chi connectivity index (χ0) is 26.2. The van der Waals surface area contributed by atoms with E-state index in [9.17, 15) is 18.7 Å². The summed E-state index contributed by atoms with van der Waals surface area (Å²) in [5.41, 5.74) is 0.120. The Kier molecular flexibility index (Phi) is 6.83. The van der Waals surface area contributed by atoms with Gasteiger partial charge in [0.2, 0.25) is 0 Å². The molecule has 4 aromatic heterocycles. The van der Waals surface area contributed by atoms with E-state index in [0.29, 0.717) is 34.5 Å². The van der Waals surface area contributed by atoms with Gasteiger partial charge in [-0.2, -0.15) is 0 Å². The van der Waals surface area contributed by atoms with Crippen LogP contribution >= 0.6 is 11.6 Å². The van der Waals surface area contributed by atoms with Crippen LogP contribution < -0.4 is 10.3 Å². The maximum Gasteiger partial charge on any atom is 0.279 e. The molecule has 1 N–H and O–H groups in total. The molecule has 0 aliphatic rings. The maximum absolute atomic E-state index is 13.9. The van der Waals surface area contributed by atoms with Crippen molar-refractivity contribution in [3.05, 3.63) is 92.5 Å². The van der Waals surface area contributed by atoms with Crippen LogP contribution in [0.2, 0.25) is 5.02 Å². The highest BCUT2D eigenvalue weighted by Gasteiger charge is 2.21. The number of pyridine rings is 3. The number of hydrogen-bond donors (Lipinski definition) is 1. The molecule has 0 saturated carbocycles. The molecule has 11 heteroatoms. The van der Waals surface area contributed by atoms with Crippen LogP contribution in [0.15, 0.2) is 47.5 Å². The average molecular weight is 514 g/mol. The molecular formula is C25H22ClF2N5O3. The van der Waals surface area contributed by atoms with Gasteiger partial charge in [0.1, 0.15) is 40.3 Å². The summed E-state index contributed by atoms with van der Waals surface area (Å²) in [6.45, 7) is 6.27. The smallest absolute Gasteiger partial charge is 0.279 e. The van der Waals surface area contributed by atoms with Gasteiger partial charge in [-0.15, -0.1) is 0 Å². The Morgan fingerprint density at radius 3 is 2.50 bits per heavy atom. The molecule has 0 amide bonds. The first-order valence-electron chi connectivity index (χ1n) is 10.8. The molecule has 4 rings (SSSR count). The third kappa shape index (κ3) is 5.09. The molecule has 0 atom stereocenters. The SMILES string of the molecule is Cc1ccc(-c2ccnc(C(C)(C)O)n2)nc1-n1c(C)cc(OCc2ncc(F)cc2F)c(Cl)c1=O. The average Bonchev–Trinajstić information content (AvgIpc) is 2.82. The van der Waals surface area contributed by atoms with Crippen LogP contribution in [0.25, 0.3) is 17.2 Å². The van der Waals surface area contributed by atoms with Gasteiger partial charge in [0.25, 0.3) is 5.56 Å². The quantitative estimate of drug-likeness (QED) is 0.406. The highest BCUT2D eigenvalue weighted by molar-refractivity contribution is 6.31. The molecule has 4 heterocycles. The van der Waals surface area contributed by atoms with E-state index in [1.54, 1.807) is 45.9 Å². The van der Waals surface area contributed by atoms with E-state index in [-0.39, 0.29) is 28.9 Å². The molecule has 0 fully saturated rings. The van der Waals surface area contributed by atoms with E-state index >= 15 is 0 Å². The van der Waals surface area contributed by atoms with Crippen LogP contribution in [0.4, 0.5) is 8.78 Å². The van der Waals surface area contributed by atoms with Gasteiger partial charge in [0, 0.05) is 24.0 Å². The molecule has 4 aromatic rings. The summed E-state index contributed by atoms with van der Waals surface area (Å²) in [7, 11) is 0. The van der Waals surface area contributed by atoms with Crippen molar-refractivity contribution >= 4 is 11.6 Å². The Morgan fingerprint density at radius 1 is 1.08 bits per heavy atom. The molecule has 0 aliphatic carbocycles. The number of halogens is 3. The van der Waals surface area contributed by atoms with Crippen LogP contribution in [0.3, 0.4) is 0 Å². The van der Waals surface area contributed by atoms with Crippen molar-refractivity contribution in [1.82, 2.24) is 24.5 Å². The lowest BCUT2D eigenvalue weighted by Crippen LogP contribution is -2.24. The second kappa shape index (κ2) is 9.71. The number of aromatic nitrogens is 5. The van der Waals surface area contributed by atoms with Crippen molar-refractivity contribution in [3.63, 3.8) is 0 Å². The fourth-order valence-corrected chi connectivity index (χ4v) is 3.62. The number of ether oxygens (including phenoxy) is 1. The molecule has 0 saturated heterocycles. The summed E-state index contributed by atoms with van der Waals surface area (Å²) in [4.78, 5) is 30.1. The van der Waals surface area contributed by atoms with Gasteiger partial charge in [-0.25, -0.2) is 23.7 Å². The van der Waals surface area contributed by atoms with Crippen LogP contribution in [-0.4, -0.2) is 29.6 Å². The van der Waals surface area contributed by atoms with Gasteiger partial charge in [-0.05, 0) is 45.4 Å². The second-order valence-corrected chi connectivity index (χ2v) is 9.01. The van der Waals surface area contributed by atoms with Crippen molar-refractivity contribution in [3.8, 4) is 23.0 Å². The summed E-state index contributed by atoms with van der Waals surface area (Å²) in [6.07, 6.45) is 2.40. The molecule has 8 nitrogen and oxygen atoms in total. The van der Waals surface area contributed by atoms with Crippen LogP contribution in [0, 0.1) is 25.5 Å². The Hall–Kier alpha value is -3.76. The van der Waals surface area contributed by atoms with Gasteiger partial charge in [0.15, 0.2) is 11.6 Å². The summed E-state index contributed by atoms with van der Waals surface area (Å²) < 4.78 is 33.9. The van der Waals surface area contributed by atoms with Crippen LogP contribution in [0.5, 0.6) is 5.75 Å². The zero-order valence-corrected chi connectivity index (χ0v) is 20.6. The second-order valence-electron chi connectivity index (χ2n) is 8.64. The lowest BCUT2D eigenvalue weighted by atomic mass is 10.1. The van der Waals surface area contributed by atoms with Crippen LogP contribution in [0.1, 0.15) is 36.6 Å². The normalized spacial score (nSPS) is 11.6. The Labute approximate surface area is 210 Å². The van der Waals surface area contributed by atoms with E-state index in [2.05, 4.69) is 19.9 Å². The van der Waals surface area contributed by atoms with Crippen molar-refractivity contribution < 1.29 is 18.6 Å². The number of hydrogen-bond acceptors (Lipinski definition) is 7. The minimum absolute atomic E-state index is 0.0281. The lowest BCUT2D eigenvalue weighted by molar-refractivity contribution is 0.0688. The highest BCUT2D eigenvalue weighted by atomic mass is 35.5. The monoisotopic (exact) mass is 513 g/mol. The summed E-state index contributed by atoms with van der Waals surface area (Å²) in [5, 5.41) is 10.0. The summed E-state index contributed by atoms with van der Waals surface area (Å²) in [6, 6.07) is 7.41. The fraction of sp³-hybridized carbons (Fsp3) is 0.240. The first kappa shape index (κ1) is 25.3. The van der Waals surface area contributed by atoms with Crippen LogP contribution in [-0.2, 0) is 12.2 Å². The molecule has 0 bridgehead atoms.